The van der Waals surface area contributed by atoms with Crippen molar-refractivity contribution in [1.82, 2.24) is 5.32 Å². The maximum absolute atomic E-state index is 14.9. The fraction of sp³-hybridized carbons (Fsp3) is 0.348. The molecular formula is C23H21ClF4N2O5S. The van der Waals surface area contributed by atoms with Crippen LogP contribution in [-0.2, 0) is 26.0 Å². The molecule has 13 heteroatoms. The fourth-order valence-electron chi connectivity index (χ4n) is 3.67. The van der Waals surface area contributed by atoms with Crippen LogP contribution < -0.4 is 10.2 Å². The van der Waals surface area contributed by atoms with E-state index in [1.165, 1.54) is 24.3 Å². The molecule has 7 nitrogen and oxygen atoms in total. The molecule has 2 aromatic rings. The van der Waals surface area contributed by atoms with Gasteiger partial charge < -0.3 is 10.2 Å². The molecule has 0 aromatic heterocycles. The van der Waals surface area contributed by atoms with E-state index < -0.39 is 58.0 Å². The summed E-state index contributed by atoms with van der Waals surface area (Å²) in [5, 5.41) is 1.46. The van der Waals surface area contributed by atoms with Crippen LogP contribution in [0, 0.1) is 17.6 Å². The molecule has 194 valence electrons. The van der Waals surface area contributed by atoms with Crippen molar-refractivity contribution in [2.75, 3.05) is 23.0 Å². The molecule has 1 aliphatic heterocycles. The SMILES string of the molecule is O=C(CNC(=O)C(F)F)c1ccc(CN(C(=O)C2CCS(=O)(=O)CC2)c2ccc(F)c(Cl)c2)c(F)c1. The third-order valence-electron chi connectivity index (χ3n) is 5.71. The second-order valence-corrected chi connectivity index (χ2v) is 10.9. The highest BCUT2D eigenvalue weighted by atomic mass is 35.5. The summed E-state index contributed by atoms with van der Waals surface area (Å²) < 4.78 is 76.7. The number of nitrogens with one attached hydrogen (secondary N) is 1. The molecule has 0 bridgehead atoms. The molecule has 0 saturated carbocycles. The van der Waals surface area contributed by atoms with Gasteiger partial charge >= 0.3 is 6.43 Å². The molecular weight excluding hydrogens is 528 g/mol. The number of ketones is 1. The van der Waals surface area contributed by atoms with Gasteiger partial charge in [-0.1, -0.05) is 23.7 Å². The van der Waals surface area contributed by atoms with E-state index in [1.54, 1.807) is 5.32 Å². The number of Topliss-reactive ketones (excluding diaryl/α,β-unsaturated/α-hetero) is 1. The Morgan fingerprint density at radius 2 is 1.69 bits per heavy atom. The molecule has 1 fully saturated rings. The van der Waals surface area contributed by atoms with Crippen LogP contribution in [-0.4, -0.2) is 50.5 Å². The third-order valence-corrected chi connectivity index (χ3v) is 7.71. The lowest BCUT2D eigenvalue weighted by Gasteiger charge is -2.30. The average Bonchev–Trinajstić information content (AvgIpc) is 2.82. The maximum atomic E-state index is 14.9. The molecule has 36 heavy (non-hydrogen) atoms. The molecule has 0 unspecified atom stereocenters. The van der Waals surface area contributed by atoms with Crippen molar-refractivity contribution < 1.29 is 40.4 Å². The fourth-order valence-corrected chi connectivity index (χ4v) is 5.34. The van der Waals surface area contributed by atoms with E-state index in [9.17, 15) is 40.4 Å². The number of alkyl halides is 2. The lowest BCUT2D eigenvalue weighted by atomic mass is 9.99. The van der Waals surface area contributed by atoms with Crippen molar-refractivity contribution in [3.05, 3.63) is 64.2 Å². The van der Waals surface area contributed by atoms with Crippen LogP contribution in [0.1, 0.15) is 28.8 Å². The third kappa shape index (κ3) is 6.82. The Bertz CT molecular complexity index is 1280. The summed E-state index contributed by atoms with van der Waals surface area (Å²) in [6.07, 6.45) is -3.15. The summed E-state index contributed by atoms with van der Waals surface area (Å²) >= 11 is 5.87. The molecule has 2 amide bonds. The molecule has 1 heterocycles. The Hall–Kier alpha value is -2.99. The molecule has 0 atom stereocenters. The summed E-state index contributed by atoms with van der Waals surface area (Å²) in [5.74, 6) is -5.58. The predicted molar refractivity (Wildman–Crippen MR) is 124 cm³/mol. The quantitative estimate of drug-likeness (QED) is 0.402. The van der Waals surface area contributed by atoms with E-state index >= 15 is 0 Å². The largest absolute Gasteiger partial charge is 0.344 e. The van der Waals surface area contributed by atoms with Crippen molar-refractivity contribution in [3.63, 3.8) is 0 Å². The van der Waals surface area contributed by atoms with Gasteiger partial charge in [0.1, 0.15) is 21.5 Å². The average molecular weight is 549 g/mol. The monoisotopic (exact) mass is 548 g/mol. The first-order valence-corrected chi connectivity index (χ1v) is 12.9. The van der Waals surface area contributed by atoms with Gasteiger partial charge in [0.15, 0.2) is 5.78 Å². The molecule has 2 aromatic carbocycles. The highest BCUT2D eigenvalue weighted by Crippen LogP contribution is 2.29. The first kappa shape index (κ1) is 27.6. The molecule has 3 rings (SSSR count). The van der Waals surface area contributed by atoms with Crippen LogP contribution in [0.25, 0.3) is 0 Å². The number of nitrogens with zero attached hydrogens (tertiary/aromatic N) is 1. The second kappa shape index (κ2) is 11.4. The van der Waals surface area contributed by atoms with Gasteiger partial charge in [-0.25, -0.2) is 17.2 Å². The van der Waals surface area contributed by atoms with E-state index in [-0.39, 0.29) is 52.7 Å². The lowest BCUT2D eigenvalue weighted by Crippen LogP contribution is -2.39. The number of rotatable bonds is 8. The number of anilines is 1. The van der Waals surface area contributed by atoms with Crippen molar-refractivity contribution >= 4 is 44.7 Å². The van der Waals surface area contributed by atoms with E-state index in [2.05, 4.69) is 0 Å². The van der Waals surface area contributed by atoms with Crippen LogP contribution >= 0.6 is 11.6 Å². The number of amides is 2. The van der Waals surface area contributed by atoms with Gasteiger partial charge in [-0.3, -0.25) is 14.4 Å². The molecule has 1 N–H and O–H groups in total. The number of halogens is 5. The number of carbonyl (C=O) groups is 3. The maximum Gasteiger partial charge on any atom is 0.315 e. The Morgan fingerprint density at radius 1 is 1.03 bits per heavy atom. The zero-order valence-corrected chi connectivity index (χ0v) is 20.2. The van der Waals surface area contributed by atoms with Gasteiger partial charge in [0.2, 0.25) is 5.91 Å². The second-order valence-electron chi connectivity index (χ2n) is 8.20. The van der Waals surface area contributed by atoms with Crippen LogP contribution in [0.5, 0.6) is 0 Å². The number of hydrogen-bond donors (Lipinski definition) is 1. The zero-order chi connectivity index (χ0) is 26.6. The summed E-state index contributed by atoms with van der Waals surface area (Å²) in [5.41, 5.74) is -0.0551. The van der Waals surface area contributed by atoms with Gasteiger partial charge in [-0.05, 0) is 37.1 Å². The van der Waals surface area contributed by atoms with Gasteiger partial charge in [-0.2, -0.15) is 8.78 Å². The standard InChI is InChI=1S/C23H21ClF4N2O5S/c24-17-10-16(3-4-18(17)25)30(23(33)13-5-7-36(34,35)8-6-13)12-15-2-1-14(9-19(15)26)20(31)11-29-22(32)21(27)28/h1-4,9-10,13,21H,5-8,11-12H2,(H,29,32). The van der Waals surface area contributed by atoms with Crippen molar-refractivity contribution in [3.8, 4) is 0 Å². The Labute approximate surface area is 209 Å². The summed E-state index contributed by atoms with van der Waals surface area (Å²) in [6, 6.07) is 6.78. The van der Waals surface area contributed by atoms with Crippen LogP contribution in [0.15, 0.2) is 36.4 Å². The Balaban J connectivity index is 1.84. The lowest BCUT2D eigenvalue weighted by molar-refractivity contribution is -0.131. The molecule has 1 saturated heterocycles. The minimum absolute atomic E-state index is 0.0274. The van der Waals surface area contributed by atoms with E-state index in [0.717, 1.165) is 17.0 Å². The molecule has 0 radical (unpaired) electrons. The normalized spacial score (nSPS) is 15.5. The first-order valence-electron chi connectivity index (χ1n) is 10.7. The highest BCUT2D eigenvalue weighted by Gasteiger charge is 2.32. The van der Waals surface area contributed by atoms with Crippen molar-refractivity contribution in [2.45, 2.75) is 25.8 Å². The van der Waals surface area contributed by atoms with Gasteiger partial charge in [0, 0.05) is 22.7 Å². The Kier molecular flexibility index (Phi) is 8.72. The summed E-state index contributed by atoms with van der Waals surface area (Å²) in [7, 11) is -3.25. The van der Waals surface area contributed by atoms with Crippen LogP contribution in [0.2, 0.25) is 5.02 Å². The first-order chi connectivity index (χ1) is 16.9. The summed E-state index contributed by atoms with van der Waals surface area (Å²) in [4.78, 5) is 37.5. The van der Waals surface area contributed by atoms with E-state index in [0.29, 0.717) is 0 Å². The van der Waals surface area contributed by atoms with Crippen molar-refractivity contribution in [1.29, 1.82) is 0 Å². The van der Waals surface area contributed by atoms with E-state index in [4.69, 9.17) is 11.6 Å². The predicted octanol–water partition coefficient (Wildman–Crippen LogP) is 3.54. The van der Waals surface area contributed by atoms with E-state index in [1.807, 2.05) is 0 Å². The topological polar surface area (TPSA) is 101 Å². The molecule has 0 aliphatic carbocycles. The molecule has 1 aliphatic rings. The summed E-state index contributed by atoms with van der Waals surface area (Å²) in [6.45, 7) is -1.10. The minimum atomic E-state index is -3.30. The van der Waals surface area contributed by atoms with Crippen LogP contribution in [0.3, 0.4) is 0 Å². The van der Waals surface area contributed by atoms with Gasteiger partial charge in [-0.15, -0.1) is 0 Å². The Morgan fingerprint density at radius 3 is 2.28 bits per heavy atom. The highest BCUT2D eigenvalue weighted by molar-refractivity contribution is 7.91. The number of carbonyl (C=O) groups excluding carboxylic acids is 3. The van der Waals surface area contributed by atoms with Gasteiger partial charge in [0.25, 0.3) is 5.91 Å². The minimum Gasteiger partial charge on any atom is -0.344 e. The zero-order valence-electron chi connectivity index (χ0n) is 18.6. The smallest absolute Gasteiger partial charge is 0.315 e. The van der Waals surface area contributed by atoms with Gasteiger partial charge in [0.05, 0.1) is 29.6 Å². The number of hydrogen-bond acceptors (Lipinski definition) is 5. The number of sulfone groups is 1. The molecule has 0 spiro atoms. The number of benzene rings is 2. The van der Waals surface area contributed by atoms with Crippen LogP contribution in [0.4, 0.5) is 23.2 Å². The van der Waals surface area contributed by atoms with Crippen molar-refractivity contribution in [2.24, 2.45) is 5.92 Å².